The number of benzene rings is 12. The van der Waals surface area contributed by atoms with E-state index in [1.54, 1.807) is 21.3 Å². The molecule has 12 aromatic carbocycles. The Morgan fingerprint density at radius 2 is 0.646 bits per heavy atom. The van der Waals surface area contributed by atoms with Crippen LogP contribution in [0.4, 0.5) is 0 Å². The summed E-state index contributed by atoms with van der Waals surface area (Å²) in [4.78, 5) is 19.5. The molecule has 8 nitrogen and oxygen atoms in total. The highest BCUT2D eigenvalue weighted by Crippen LogP contribution is 2.42. The van der Waals surface area contributed by atoms with Crippen molar-refractivity contribution < 1.29 is 9.76 Å². The van der Waals surface area contributed by atoms with Crippen LogP contribution in [0, 0.1) is 0 Å². The lowest BCUT2D eigenvalue weighted by molar-refractivity contribution is -0.0893. The molecule has 0 unspecified atom stereocenters. The first-order valence-corrected chi connectivity index (χ1v) is 32.7. The number of halogens is 1. The van der Waals surface area contributed by atoms with E-state index >= 15 is 0 Å². The summed E-state index contributed by atoms with van der Waals surface area (Å²) in [5.74, 6) is 1.44. The lowest BCUT2D eigenvalue weighted by Crippen LogP contribution is -2.49. The summed E-state index contributed by atoms with van der Waals surface area (Å²) < 4.78 is 10.8. The minimum absolute atomic E-state index is 0.692. The van der Waals surface area contributed by atoms with Gasteiger partial charge in [-0.3, -0.25) is 0 Å². The molecule has 0 aliphatic heterocycles. The largest absolute Gasteiger partial charge is 0.427 e. The number of aliphatic hydroxyl groups is 1. The fourth-order valence-corrected chi connectivity index (χ4v) is 13.2. The van der Waals surface area contributed by atoms with Gasteiger partial charge in [-0.1, -0.05) is 272 Å². The normalized spacial score (nSPS) is 11.9. The van der Waals surface area contributed by atoms with Crippen molar-refractivity contribution in [2.75, 3.05) is 0 Å². The van der Waals surface area contributed by atoms with Crippen LogP contribution in [-0.2, 0) is 4.65 Å². The highest BCUT2D eigenvalue weighted by molar-refractivity contribution is 6.47. The molecule has 459 valence electrons. The van der Waals surface area contributed by atoms with Gasteiger partial charge in [0, 0.05) is 81.5 Å². The molecule has 0 atom stereocenters. The van der Waals surface area contributed by atoms with E-state index in [0.29, 0.717) is 10.8 Å². The van der Waals surface area contributed by atoms with Crippen molar-refractivity contribution in [1.29, 1.82) is 0 Å². The van der Waals surface area contributed by atoms with Crippen molar-refractivity contribution >= 4 is 101 Å². The van der Waals surface area contributed by atoms with Gasteiger partial charge in [0.2, 0.25) is 0 Å². The van der Waals surface area contributed by atoms with Crippen molar-refractivity contribution in [2.45, 2.75) is 38.9 Å². The predicted molar refractivity (Wildman–Crippen MR) is 400 cm³/mol. The van der Waals surface area contributed by atoms with Gasteiger partial charge in [-0.2, -0.15) is 0 Å². The second kappa shape index (κ2) is 24.5. The third-order valence-electron chi connectivity index (χ3n) is 18.7. The molecule has 0 fully saturated rings. The molecule has 1 radical (unpaired) electrons. The Morgan fingerprint density at radius 1 is 0.312 bits per heavy atom. The Bertz CT molecular complexity index is 5720. The Labute approximate surface area is 562 Å². The van der Waals surface area contributed by atoms with E-state index in [0.717, 1.165) is 67.4 Å². The van der Waals surface area contributed by atoms with Crippen molar-refractivity contribution in [3.05, 3.63) is 308 Å². The second-order valence-electron chi connectivity index (χ2n) is 25.4. The molecule has 6 aromatic heterocycles. The molecule has 0 aliphatic rings. The van der Waals surface area contributed by atoms with Crippen LogP contribution in [0.2, 0.25) is 5.02 Å². The van der Waals surface area contributed by atoms with Gasteiger partial charge in [0.05, 0.1) is 67.1 Å². The zero-order chi connectivity index (χ0) is 65.1. The average molecular weight is 1260 g/mol. The van der Waals surface area contributed by atoms with E-state index < -0.39 is 11.2 Å². The number of fused-ring (bicyclic) bond motifs is 12. The van der Waals surface area contributed by atoms with Crippen molar-refractivity contribution in [3.8, 4) is 78.9 Å². The van der Waals surface area contributed by atoms with Crippen LogP contribution < -0.4 is 5.46 Å². The third kappa shape index (κ3) is 11.0. The summed E-state index contributed by atoms with van der Waals surface area (Å²) in [5.41, 5.74) is 19.0. The Kier molecular flexibility index (Phi) is 15.3. The van der Waals surface area contributed by atoms with Crippen molar-refractivity contribution in [1.82, 2.24) is 28.7 Å². The second-order valence-corrected chi connectivity index (χ2v) is 25.8. The quantitative estimate of drug-likeness (QED) is 0.130. The summed E-state index contributed by atoms with van der Waals surface area (Å²) in [6.07, 6.45) is 0. The van der Waals surface area contributed by atoms with Crippen LogP contribution in [0.25, 0.3) is 155 Å². The highest BCUT2D eigenvalue weighted by Gasteiger charge is 2.36. The van der Waals surface area contributed by atoms with E-state index in [4.69, 9.17) is 36.2 Å². The van der Waals surface area contributed by atoms with E-state index in [1.807, 2.05) is 129 Å². The number of para-hydroxylation sites is 4. The summed E-state index contributed by atoms with van der Waals surface area (Å²) in [7, 11) is 1.75. The van der Waals surface area contributed by atoms with Gasteiger partial charge in [-0.15, -0.1) is 0 Å². The van der Waals surface area contributed by atoms with Gasteiger partial charge in [0.15, 0.2) is 11.6 Å². The van der Waals surface area contributed by atoms with Gasteiger partial charge in [0.25, 0.3) is 0 Å². The Balaban J connectivity index is 0.000000119. The minimum Gasteiger partial charge on any atom is -0.427 e. The first kappa shape index (κ1) is 59.7. The molecule has 0 amide bonds. The van der Waals surface area contributed by atoms with Crippen LogP contribution in [0.1, 0.15) is 27.7 Å². The molecule has 0 bridgehead atoms. The monoisotopic (exact) mass is 1260 g/mol. The fraction of sp³-hybridized carbons (Fsp3) is 0.0698. The molecule has 0 saturated heterocycles. The molecule has 18 rings (SSSR count). The van der Waals surface area contributed by atoms with E-state index in [9.17, 15) is 5.11 Å². The first-order chi connectivity index (χ1) is 46.9. The molecule has 0 spiro atoms. The maximum Gasteiger partial charge on any atom is 0.330 e. The number of hydrogen-bond acceptors (Lipinski definition) is 6. The van der Waals surface area contributed by atoms with E-state index in [-0.39, 0.29) is 0 Å². The molecule has 18 aromatic rings. The molecule has 0 saturated carbocycles. The molecular formula is C86H63BClN6O2. The molecule has 96 heavy (non-hydrogen) atoms. The average Bonchev–Trinajstić information content (AvgIpc) is 1.56. The molecule has 1 N–H and O–H groups in total. The topological polar surface area (TPSA) is 89.8 Å². The lowest BCUT2D eigenvalue weighted by atomic mass is 9.82. The number of hydrogen-bond donors (Lipinski definition) is 1. The maximum atomic E-state index is 10.3. The number of rotatable bonds is 11. The highest BCUT2D eigenvalue weighted by atomic mass is 35.5. The van der Waals surface area contributed by atoms with Gasteiger partial charge < -0.3 is 18.6 Å². The van der Waals surface area contributed by atoms with Gasteiger partial charge in [-0.25, -0.2) is 19.9 Å². The summed E-state index contributed by atoms with van der Waals surface area (Å²) in [6, 6.07) is 105. The maximum absolute atomic E-state index is 10.3. The molecular weight excluding hydrogens is 1200 g/mol. The van der Waals surface area contributed by atoms with Crippen LogP contribution in [0.3, 0.4) is 0 Å². The molecule has 10 heteroatoms. The van der Waals surface area contributed by atoms with Gasteiger partial charge in [-0.05, 0) is 87.4 Å². The third-order valence-corrected chi connectivity index (χ3v) is 19.0. The van der Waals surface area contributed by atoms with Crippen LogP contribution in [0.5, 0.6) is 0 Å². The van der Waals surface area contributed by atoms with Crippen LogP contribution >= 0.6 is 11.6 Å². The van der Waals surface area contributed by atoms with Crippen molar-refractivity contribution in [3.63, 3.8) is 0 Å². The van der Waals surface area contributed by atoms with Gasteiger partial charge in [0.1, 0.15) is 0 Å². The van der Waals surface area contributed by atoms with E-state index in [2.05, 4.69) is 197 Å². The summed E-state index contributed by atoms with van der Waals surface area (Å²) >= 11 is 6.02. The molecule has 0 aliphatic carbocycles. The zero-order valence-electron chi connectivity index (χ0n) is 53.4. The standard InChI is InChI=1S/C40H25N3.C24H23BNO2.C22H15ClN2/c1-3-10-27(11-4-1)35-25-36(42-40(41-35)29-12-5-2-6-13-29)28-20-18-26(19-21-28)30-22-23-32-34-16-9-15-33-31-14-7-8-17-37(31)43(39(33)34)38(32)24-30;1-23(2,27)24(3,4)28-25-15-12-13-17-19-10-7-9-18-16-8-5-6-11-20(16)26(22(18)19)21(17)14-15;23-19-13-11-17(12-14-19)21-15-20(16-7-3-1-4-8-16)24-22(25-21)18-9-5-2-6-10-18/h1-25H;5-14,27H,1-4H3;1-15H. The van der Waals surface area contributed by atoms with Crippen LogP contribution in [0.15, 0.2) is 303 Å². The lowest BCUT2D eigenvalue weighted by Gasteiger charge is -2.37. The smallest absolute Gasteiger partial charge is 0.330 e. The zero-order valence-corrected chi connectivity index (χ0v) is 54.1. The fourth-order valence-electron chi connectivity index (χ4n) is 13.1. The van der Waals surface area contributed by atoms with E-state index in [1.165, 1.54) is 87.3 Å². The summed E-state index contributed by atoms with van der Waals surface area (Å²) in [6.45, 7) is 7.33. The minimum atomic E-state index is -0.945. The number of nitrogens with zero attached hydrogens (tertiary/aromatic N) is 6. The predicted octanol–water partition coefficient (Wildman–Crippen LogP) is 21.1. The Morgan fingerprint density at radius 3 is 1.08 bits per heavy atom. The summed E-state index contributed by atoms with van der Waals surface area (Å²) in [5, 5.41) is 21.3. The van der Waals surface area contributed by atoms with Crippen LogP contribution in [-0.4, -0.2) is 52.5 Å². The number of aromatic nitrogens is 6. The Hall–Kier alpha value is -11.3. The molecule has 6 heterocycles. The van der Waals surface area contributed by atoms with Gasteiger partial charge >= 0.3 is 7.48 Å². The SMILES string of the molecule is CC(C)(O)C(C)(C)O[B]c1ccc2c3cccc4c5ccccc5n(c2c1)c43.Clc1ccc(-c2cc(-c3ccccc3)nc(-c3ccccc3)n2)cc1.c1ccc(-c2cc(-c3ccc(-c4ccc5c6cccc7c8ccccc8n(c5c4)c76)cc3)nc(-c3ccccc3)n2)cc1. The first-order valence-electron chi connectivity index (χ1n) is 32.3. The van der Waals surface area contributed by atoms with Crippen molar-refractivity contribution in [2.24, 2.45) is 0 Å².